The van der Waals surface area contributed by atoms with E-state index in [2.05, 4.69) is 15.7 Å². The molecule has 0 spiro atoms. The van der Waals surface area contributed by atoms with Gasteiger partial charge in [-0.2, -0.15) is 5.10 Å². The molecule has 1 aromatic heterocycles. The number of nitrogens with one attached hydrogen (secondary N) is 2. The lowest BCUT2D eigenvalue weighted by molar-refractivity contribution is 0.0988. The van der Waals surface area contributed by atoms with Crippen molar-refractivity contribution in [2.75, 3.05) is 10.6 Å². The molecule has 0 saturated carbocycles. The highest BCUT2D eigenvalue weighted by Crippen LogP contribution is 2.30. The van der Waals surface area contributed by atoms with Crippen molar-refractivity contribution >= 4 is 23.2 Å². The van der Waals surface area contributed by atoms with Gasteiger partial charge < -0.3 is 10.6 Å². The molecule has 0 saturated heterocycles. The SMILES string of the molecule is O=C(Nc1ccccc1)c1nn(-c2ccccc2)c(-c2ccccc2)c1C(=O)Nc1ccccc1. The van der Waals surface area contributed by atoms with Crippen molar-refractivity contribution < 1.29 is 9.59 Å². The molecular weight excluding hydrogens is 436 g/mol. The molecule has 6 heteroatoms. The number of aromatic nitrogens is 2. The number of carbonyl (C=O) groups excluding carboxylic acids is 2. The van der Waals surface area contributed by atoms with Gasteiger partial charge in [0.15, 0.2) is 5.69 Å². The maximum absolute atomic E-state index is 13.7. The Balaban J connectivity index is 1.69. The Bertz CT molecular complexity index is 1450. The molecule has 0 atom stereocenters. The van der Waals surface area contributed by atoms with Gasteiger partial charge in [-0.05, 0) is 36.4 Å². The minimum atomic E-state index is -0.471. The first-order valence-electron chi connectivity index (χ1n) is 11.2. The summed E-state index contributed by atoms with van der Waals surface area (Å²) < 4.78 is 1.65. The van der Waals surface area contributed by atoms with Crippen LogP contribution in [-0.4, -0.2) is 21.6 Å². The normalized spacial score (nSPS) is 10.5. The molecule has 2 N–H and O–H groups in total. The van der Waals surface area contributed by atoms with Crippen LogP contribution in [-0.2, 0) is 0 Å². The maximum Gasteiger partial charge on any atom is 0.277 e. The predicted octanol–water partition coefficient (Wildman–Crippen LogP) is 6.04. The third-order valence-corrected chi connectivity index (χ3v) is 5.44. The molecule has 170 valence electrons. The Hall–Kier alpha value is -4.97. The predicted molar refractivity (Wildman–Crippen MR) is 138 cm³/mol. The van der Waals surface area contributed by atoms with E-state index in [4.69, 9.17) is 0 Å². The maximum atomic E-state index is 13.7. The van der Waals surface area contributed by atoms with Crippen molar-refractivity contribution in [2.24, 2.45) is 0 Å². The number of hydrogen-bond acceptors (Lipinski definition) is 3. The summed E-state index contributed by atoms with van der Waals surface area (Å²) in [7, 11) is 0. The zero-order valence-corrected chi connectivity index (χ0v) is 18.8. The van der Waals surface area contributed by atoms with Crippen LogP contribution in [0.15, 0.2) is 121 Å². The lowest BCUT2D eigenvalue weighted by atomic mass is 10.0. The van der Waals surface area contributed by atoms with Gasteiger partial charge >= 0.3 is 0 Å². The Morgan fingerprint density at radius 3 is 1.57 bits per heavy atom. The van der Waals surface area contributed by atoms with Crippen LogP contribution in [0.3, 0.4) is 0 Å². The van der Waals surface area contributed by atoms with Gasteiger partial charge in [0.05, 0.1) is 16.9 Å². The zero-order chi connectivity index (χ0) is 24.0. The van der Waals surface area contributed by atoms with E-state index in [1.807, 2.05) is 97.1 Å². The quantitative estimate of drug-likeness (QED) is 0.326. The minimum Gasteiger partial charge on any atom is -0.322 e. The first-order chi connectivity index (χ1) is 17.2. The van der Waals surface area contributed by atoms with E-state index in [-0.39, 0.29) is 11.3 Å². The van der Waals surface area contributed by atoms with Gasteiger partial charge in [0, 0.05) is 16.9 Å². The molecule has 5 rings (SSSR count). The van der Waals surface area contributed by atoms with Gasteiger partial charge in [-0.25, -0.2) is 4.68 Å². The number of anilines is 2. The summed E-state index contributed by atoms with van der Waals surface area (Å²) in [6.45, 7) is 0. The molecule has 35 heavy (non-hydrogen) atoms. The highest BCUT2D eigenvalue weighted by molar-refractivity contribution is 6.17. The summed E-state index contributed by atoms with van der Waals surface area (Å²) >= 11 is 0. The van der Waals surface area contributed by atoms with E-state index in [1.54, 1.807) is 28.9 Å². The first kappa shape index (κ1) is 21.9. The van der Waals surface area contributed by atoms with E-state index in [1.165, 1.54) is 0 Å². The average molecular weight is 459 g/mol. The number of hydrogen-bond donors (Lipinski definition) is 2. The second kappa shape index (κ2) is 9.89. The number of carbonyl (C=O) groups is 2. The summed E-state index contributed by atoms with van der Waals surface area (Å²) in [5.41, 5.74) is 3.49. The summed E-state index contributed by atoms with van der Waals surface area (Å²) in [6.07, 6.45) is 0. The molecule has 1 heterocycles. The molecule has 2 amide bonds. The van der Waals surface area contributed by atoms with Crippen molar-refractivity contribution in [2.45, 2.75) is 0 Å². The van der Waals surface area contributed by atoms with E-state index in [0.29, 0.717) is 17.1 Å². The van der Waals surface area contributed by atoms with E-state index >= 15 is 0 Å². The summed E-state index contributed by atoms with van der Waals surface area (Å²) in [5.74, 6) is -0.892. The van der Waals surface area contributed by atoms with Crippen molar-refractivity contribution in [1.82, 2.24) is 9.78 Å². The Morgan fingerprint density at radius 1 is 0.571 bits per heavy atom. The smallest absolute Gasteiger partial charge is 0.277 e. The molecule has 0 aliphatic rings. The van der Waals surface area contributed by atoms with Crippen LogP contribution in [0.4, 0.5) is 11.4 Å². The highest BCUT2D eigenvalue weighted by atomic mass is 16.2. The highest BCUT2D eigenvalue weighted by Gasteiger charge is 2.29. The molecule has 0 aliphatic carbocycles. The summed E-state index contributed by atoms with van der Waals surface area (Å²) in [4.78, 5) is 27.1. The lowest BCUT2D eigenvalue weighted by Gasteiger charge is -2.11. The number of para-hydroxylation sites is 3. The molecule has 0 radical (unpaired) electrons. The molecule has 0 fully saturated rings. The fraction of sp³-hybridized carbons (Fsp3) is 0. The minimum absolute atomic E-state index is 0.0324. The molecule has 0 aliphatic heterocycles. The van der Waals surface area contributed by atoms with Crippen LogP contribution in [0.5, 0.6) is 0 Å². The second-order valence-electron chi connectivity index (χ2n) is 7.83. The van der Waals surface area contributed by atoms with Crippen LogP contribution in [0, 0.1) is 0 Å². The monoisotopic (exact) mass is 458 g/mol. The molecular formula is C29H22N4O2. The van der Waals surface area contributed by atoms with E-state index < -0.39 is 11.8 Å². The van der Waals surface area contributed by atoms with Crippen LogP contribution in [0.2, 0.25) is 0 Å². The average Bonchev–Trinajstić information content (AvgIpc) is 3.32. The van der Waals surface area contributed by atoms with Gasteiger partial charge in [-0.3, -0.25) is 9.59 Å². The van der Waals surface area contributed by atoms with E-state index in [0.717, 1.165) is 11.3 Å². The second-order valence-corrected chi connectivity index (χ2v) is 7.83. The van der Waals surface area contributed by atoms with Crippen LogP contribution in [0.1, 0.15) is 20.8 Å². The van der Waals surface area contributed by atoms with Crippen molar-refractivity contribution in [1.29, 1.82) is 0 Å². The molecule has 0 bridgehead atoms. The van der Waals surface area contributed by atoms with E-state index in [9.17, 15) is 9.59 Å². The zero-order valence-electron chi connectivity index (χ0n) is 18.8. The van der Waals surface area contributed by atoms with Crippen LogP contribution in [0.25, 0.3) is 16.9 Å². The van der Waals surface area contributed by atoms with Gasteiger partial charge in [-0.1, -0.05) is 84.9 Å². The largest absolute Gasteiger partial charge is 0.322 e. The molecule has 0 unspecified atom stereocenters. The van der Waals surface area contributed by atoms with Gasteiger partial charge in [0.2, 0.25) is 0 Å². The molecule has 4 aromatic carbocycles. The number of rotatable bonds is 6. The number of nitrogens with zero attached hydrogens (tertiary/aromatic N) is 2. The third-order valence-electron chi connectivity index (χ3n) is 5.44. The summed E-state index contributed by atoms with van der Waals surface area (Å²) in [5, 5.41) is 10.4. The Morgan fingerprint density at radius 2 is 1.03 bits per heavy atom. The van der Waals surface area contributed by atoms with Gasteiger partial charge in [-0.15, -0.1) is 0 Å². The molecule has 5 aromatic rings. The Kier molecular flexibility index (Phi) is 6.17. The number of amides is 2. The first-order valence-corrected chi connectivity index (χ1v) is 11.2. The van der Waals surface area contributed by atoms with Crippen molar-refractivity contribution in [3.8, 4) is 16.9 Å². The third kappa shape index (κ3) is 4.72. The molecule has 6 nitrogen and oxygen atoms in total. The summed E-state index contributed by atoms with van der Waals surface area (Å²) in [6, 6.07) is 37.2. The van der Waals surface area contributed by atoms with Crippen molar-refractivity contribution in [3.63, 3.8) is 0 Å². The number of benzene rings is 4. The van der Waals surface area contributed by atoms with Crippen LogP contribution < -0.4 is 10.6 Å². The fourth-order valence-corrected chi connectivity index (χ4v) is 3.84. The van der Waals surface area contributed by atoms with Crippen LogP contribution >= 0.6 is 0 Å². The fourth-order valence-electron chi connectivity index (χ4n) is 3.84. The van der Waals surface area contributed by atoms with Gasteiger partial charge in [0.25, 0.3) is 11.8 Å². The van der Waals surface area contributed by atoms with Gasteiger partial charge in [0.1, 0.15) is 0 Å². The Labute approximate surface area is 202 Å². The van der Waals surface area contributed by atoms with Crippen molar-refractivity contribution in [3.05, 3.63) is 133 Å². The topological polar surface area (TPSA) is 76.0 Å². The standard InChI is InChI=1S/C29H22N4O2/c34-28(30-22-15-7-2-8-16-22)25-26(29(35)31-23-17-9-3-10-18-23)32-33(24-19-11-4-12-20-24)27(25)21-13-5-1-6-14-21/h1-20H,(H,30,34)(H,31,35). The lowest BCUT2D eigenvalue weighted by Crippen LogP contribution is -2.20.